The fraction of sp³-hybridized carbons (Fsp3) is 0.776. The molecule has 0 radical (unpaired) electrons. The van der Waals surface area contributed by atoms with Crippen LogP contribution >= 0.6 is 7.82 Å². The quantitative estimate of drug-likeness (QED) is 0.0243. The summed E-state index contributed by atoms with van der Waals surface area (Å²) in [5, 5.41) is 13.9. The number of quaternary nitrogens is 1. The molecule has 0 aliphatic heterocycles. The molecule has 3 unspecified atom stereocenters. The van der Waals surface area contributed by atoms with Crippen molar-refractivity contribution in [3.63, 3.8) is 0 Å². The molecule has 0 saturated heterocycles. The first-order valence-electron chi connectivity index (χ1n) is 27.8. The van der Waals surface area contributed by atoms with E-state index in [9.17, 15) is 19.4 Å². The average molecular weight is 960 g/mol. The largest absolute Gasteiger partial charge is 0.472 e. The summed E-state index contributed by atoms with van der Waals surface area (Å²) in [7, 11) is 1.57. The number of aliphatic hydroxyl groups is 1. The second-order valence-electron chi connectivity index (χ2n) is 19.9. The minimum absolute atomic E-state index is 0.0594. The lowest BCUT2D eigenvalue weighted by Gasteiger charge is -2.25. The number of rotatable bonds is 50. The Bertz CT molecular complexity index is 1320. The normalized spacial score (nSPS) is 14.6. The Hall–Kier alpha value is -2.06. The number of phosphoric acid groups is 1. The number of hydrogen-bond donors (Lipinski definition) is 3. The Morgan fingerprint density at radius 2 is 0.896 bits per heavy atom. The Morgan fingerprint density at radius 1 is 0.522 bits per heavy atom. The van der Waals surface area contributed by atoms with Gasteiger partial charge < -0.3 is 19.8 Å². The molecule has 0 heterocycles. The molecule has 3 N–H and O–H groups in total. The summed E-state index contributed by atoms with van der Waals surface area (Å²) >= 11 is 0. The van der Waals surface area contributed by atoms with Crippen molar-refractivity contribution < 1.29 is 32.9 Å². The van der Waals surface area contributed by atoms with Crippen LogP contribution in [0.1, 0.15) is 239 Å². The zero-order valence-electron chi connectivity index (χ0n) is 44.4. The second-order valence-corrected chi connectivity index (χ2v) is 21.4. The summed E-state index contributed by atoms with van der Waals surface area (Å²) in [4.78, 5) is 23.3. The third-order valence-corrected chi connectivity index (χ3v) is 13.2. The van der Waals surface area contributed by atoms with Crippen LogP contribution in [0.2, 0.25) is 0 Å². The van der Waals surface area contributed by atoms with E-state index in [0.29, 0.717) is 17.4 Å². The van der Waals surface area contributed by atoms with Gasteiger partial charge in [0.25, 0.3) is 0 Å². The van der Waals surface area contributed by atoms with Crippen molar-refractivity contribution in [2.75, 3.05) is 40.9 Å². The molecule has 0 rings (SSSR count). The van der Waals surface area contributed by atoms with Gasteiger partial charge in [0.1, 0.15) is 13.2 Å². The first kappa shape index (κ1) is 64.9. The van der Waals surface area contributed by atoms with E-state index in [1.165, 1.54) is 148 Å². The molecule has 0 aliphatic carbocycles. The molecule has 8 nitrogen and oxygen atoms in total. The Labute approximate surface area is 414 Å². The van der Waals surface area contributed by atoms with Crippen LogP contribution in [0.5, 0.6) is 0 Å². The molecule has 3 atom stereocenters. The molecule has 0 aromatic heterocycles. The minimum atomic E-state index is -4.35. The van der Waals surface area contributed by atoms with Gasteiger partial charge in [0.2, 0.25) is 5.91 Å². The fourth-order valence-electron chi connectivity index (χ4n) is 7.83. The molecule has 390 valence electrons. The van der Waals surface area contributed by atoms with Crippen molar-refractivity contribution in [3.05, 3.63) is 72.9 Å². The molecule has 1 amide bonds. The highest BCUT2D eigenvalue weighted by atomic mass is 31.2. The topological polar surface area (TPSA) is 105 Å². The second kappa shape index (κ2) is 48.9. The maximum absolute atomic E-state index is 13.0. The third kappa shape index (κ3) is 51.6. The number of hydrogen-bond acceptors (Lipinski definition) is 5. The van der Waals surface area contributed by atoms with Crippen LogP contribution in [0.15, 0.2) is 72.9 Å². The highest BCUT2D eigenvalue weighted by Gasteiger charge is 2.27. The van der Waals surface area contributed by atoms with Crippen LogP contribution in [0.4, 0.5) is 0 Å². The van der Waals surface area contributed by atoms with Gasteiger partial charge in [-0.05, 0) is 64.2 Å². The highest BCUT2D eigenvalue weighted by molar-refractivity contribution is 7.47. The van der Waals surface area contributed by atoms with Gasteiger partial charge in [-0.15, -0.1) is 0 Å². The van der Waals surface area contributed by atoms with E-state index >= 15 is 0 Å². The summed E-state index contributed by atoms with van der Waals surface area (Å²) in [5.41, 5.74) is 0. The zero-order chi connectivity index (χ0) is 49.2. The standard InChI is InChI=1S/C58H107N2O6P/c1-6-8-10-12-14-16-18-20-22-24-25-26-27-28-29-30-31-32-33-34-35-36-38-40-42-44-46-48-50-52-58(62)59-56(55-66-67(63,64)65-54-53-60(3,4)5)57(61)51-49-47-45-43-41-39-37-23-21-19-17-15-13-11-9-7-2/h8,10,14,16,20,22,25-26,28-29,49,51,56-57,61H,6-7,9,11-13,15,17-19,21,23-24,27,30-48,50,52-55H2,1-5H3,(H-,59,62,63,64)/p+1/b10-8-,16-14-,22-20-,26-25-,29-28-,51-49+. The molecule has 0 fully saturated rings. The lowest BCUT2D eigenvalue weighted by atomic mass is 10.0. The number of likely N-dealkylation sites (N-methyl/N-ethyl adjacent to an activating group) is 1. The number of carbonyl (C=O) groups excluding carboxylic acids is 1. The molecule has 0 spiro atoms. The van der Waals surface area contributed by atoms with E-state index in [1.54, 1.807) is 6.08 Å². The van der Waals surface area contributed by atoms with Crippen LogP contribution in [0.3, 0.4) is 0 Å². The average Bonchev–Trinajstić information content (AvgIpc) is 3.29. The molecule has 0 aromatic carbocycles. The highest BCUT2D eigenvalue weighted by Crippen LogP contribution is 2.43. The molecule has 9 heteroatoms. The van der Waals surface area contributed by atoms with E-state index in [-0.39, 0.29) is 19.1 Å². The molecule has 67 heavy (non-hydrogen) atoms. The van der Waals surface area contributed by atoms with E-state index < -0.39 is 20.0 Å². The first-order chi connectivity index (χ1) is 32.5. The number of phosphoric ester groups is 1. The Morgan fingerprint density at radius 3 is 1.31 bits per heavy atom. The molecule has 0 aliphatic rings. The summed E-state index contributed by atoms with van der Waals surface area (Å²) in [5.74, 6) is -0.180. The van der Waals surface area contributed by atoms with Gasteiger partial charge in [0, 0.05) is 6.42 Å². The molecule has 0 bridgehead atoms. The van der Waals surface area contributed by atoms with Crippen molar-refractivity contribution in [2.45, 2.75) is 251 Å². The van der Waals surface area contributed by atoms with Gasteiger partial charge in [-0.1, -0.05) is 241 Å². The predicted octanol–water partition coefficient (Wildman–Crippen LogP) is 16.7. The molecule has 0 saturated carbocycles. The maximum atomic E-state index is 13.0. The van der Waals surface area contributed by atoms with Gasteiger partial charge in [-0.2, -0.15) is 0 Å². The number of aliphatic hydroxyl groups excluding tert-OH is 1. The third-order valence-electron chi connectivity index (χ3n) is 12.2. The summed E-state index contributed by atoms with van der Waals surface area (Å²) in [6.45, 7) is 4.71. The maximum Gasteiger partial charge on any atom is 0.472 e. The number of amides is 1. The number of unbranched alkanes of at least 4 members (excludes halogenated alkanes) is 27. The predicted molar refractivity (Wildman–Crippen MR) is 290 cm³/mol. The van der Waals surface area contributed by atoms with Crippen molar-refractivity contribution >= 4 is 13.7 Å². The number of carbonyl (C=O) groups is 1. The fourth-order valence-corrected chi connectivity index (χ4v) is 8.57. The van der Waals surface area contributed by atoms with Gasteiger partial charge >= 0.3 is 7.82 Å². The number of allylic oxidation sites excluding steroid dienone is 11. The van der Waals surface area contributed by atoms with E-state index in [4.69, 9.17) is 9.05 Å². The zero-order valence-corrected chi connectivity index (χ0v) is 45.3. The molecular weight excluding hydrogens is 852 g/mol. The monoisotopic (exact) mass is 960 g/mol. The number of nitrogens with one attached hydrogen (secondary N) is 1. The van der Waals surface area contributed by atoms with E-state index in [2.05, 4.69) is 79.9 Å². The van der Waals surface area contributed by atoms with Gasteiger partial charge in [-0.25, -0.2) is 4.57 Å². The summed E-state index contributed by atoms with van der Waals surface area (Å²) in [6, 6.07) is -0.850. The van der Waals surface area contributed by atoms with Gasteiger partial charge in [0.15, 0.2) is 0 Å². The smallest absolute Gasteiger partial charge is 0.387 e. The van der Waals surface area contributed by atoms with Crippen molar-refractivity contribution in [3.8, 4) is 0 Å². The van der Waals surface area contributed by atoms with Crippen LogP contribution < -0.4 is 5.32 Å². The first-order valence-corrected chi connectivity index (χ1v) is 29.3. The van der Waals surface area contributed by atoms with Crippen LogP contribution in [0.25, 0.3) is 0 Å². The minimum Gasteiger partial charge on any atom is -0.387 e. The van der Waals surface area contributed by atoms with Crippen LogP contribution in [-0.4, -0.2) is 73.4 Å². The Balaban J connectivity index is 4.18. The number of nitrogens with zero attached hydrogens (tertiary/aromatic N) is 1. The molecular formula is C58H108N2O6P+. The summed E-state index contributed by atoms with van der Waals surface area (Å²) in [6.07, 6.45) is 67.0. The SMILES string of the molecule is CC/C=C\C/C=C\C/C=C\C/C=C\C/C=C\CCCCCCCCCCCCCCCC(=O)NC(COP(=O)(O)OCC[N+](C)(C)C)C(O)/C=C/CCCCCCCCCCCCCCCC. The van der Waals surface area contributed by atoms with Crippen LogP contribution in [-0.2, 0) is 18.4 Å². The van der Waals surface area contributed by atoms with E-state index in [0.717, 1.165) is 70.6 Å². The Kier molecular flexibility index (Phi) is 47.4. The summed E-state index contributed by atoms with van der Waals surface area (Å²) < 4.78 is 23.7. The lowest BCUT2D eigenvalue weighted by Crippen LogP contribution is -2.45. The van der Waals surface area contributed by atoms with Crippen LogP contribution in [0, 0.1) is 0 Å². The van der Waals surface area contributed by atoms with E-state index in [1.807, 2.05) is 27.2 Å². The van der Waals surface area contributed by atoms with Gasteiger partial charge in [-0.3, -0.25) is 13.8 Å². The van der Waals surface area contributed by atoms with Crippen molar-refractivity contribution in [2.24, 2.45) is 0 Å². The molecule has 0 aromatic rings. The lowest BCUT2D eigenvalue weighted by molar-refractivity contribution is -0.870. The van der Waals surface area contributed by atoms with Gasteiger partial charge in [0.05, 0.1) is 39.9 Å². The van der Waals surface area contributed by atoms with Crippen molar-refractivity contribution in [1.29, 1.82) is 0 Å². The van der Waals surface area contributed by atoms with Crippen molar-refractivity contribution in [1.82, 2.24) is 5.32 Å².